The topological polar surface area (TPSA) is 35.6 Å². The summed E-state index contributed by atoms with van der Waals surface area (Å²) in [6.45, 7) is 5.63. The van der Waals surface area contributed by atoms with Crippen LogP contribution in [0.2, 0.25) is 0 Å². The quantitative estimate of drug-likeness (QED) is 0.908. The van der Waals surface area contributed by atoms with Crippen molar-refractivity contribution in [2.45, 2.75) is 13.5 Å². The maximum absolute atomic E-state index is 13.9. The molecule has 0 bridgehead atoms. The van der Waals surface area contributed by atoms with Crippen molar-refractivity contribution < 1.29 is 9.18 Å². The maximum atomic E-state index is 13.9. The zero-order valence-electron chi connectivity index (χ0n) is 14.5. The predicted octanol–water partition coefficient (Wildman–Crippen LogP) is 2.57. The minimum absolute atomic E-state index is 0.0975. The molecule has 0 spiro atoms. The van der Waals surface area contributed by atoms with Gasteiger partial charge in [0, 0.05) is 32.7 Å². The van der Waals surface area contributed by atoms with E-state index in [0.29, 0.717) is 45.0 Å². The second-order valence-corrected chi connectivity index (χ2v) is 6.41. The number of hydrogen-bond donors (Lipinski definition) is 1. The highest BCUT2D eigenvalue weighted by Gasteiger charge is 2.22. The third-order valence-electron chi connectivity index (χ3n) is 4.55. The predicted molar refractivity (Wildman–Crippen MR) is 98.1 cm³/mol. The average molecular weight is 341 g/mol. The molecule has 3 rings (SSSR count). The molecule has 4 nitrogen and oxygen atoms in total. The van der Waals surface area contributed by atoms with E-state index in [-0.39, 0.29) is 11.7 Å². The van der Waals surface area contributed by atoms with Gasteiger partial charge in [0.2, 0.25) is 5.91 Å². The molecule has 2 aromatic carbocycles. The van der Waals surface area contributed by atoms with E-state index in [9.17, 15) is 9.18 Å². The lowest BCUT2D eigenvalue weighted by Crippen LogP contribution is -2.51. The number of halogens is 1. The van der Waals surface area contributed by atoms with E-state index in [2.05, 4.69) is 36.5 Å². The molecule has 0 atom stereocenters. The Morgan fingerprint density at radius 2 is 1.72 bits per heavy atom. The molecule has 2 aromatic rings. The summed E-state index contributed by atoms with van der Waals surface area (Å²) in [5, 5.41) is 3.21. The van der Waals surface area contributed by atoms with Crippen molar-refractivity contribution in [2.24, 2.45) is 0 Å². The van der Waals surface area contributed by atoms with Crippen LogP contribution in [0.4, 0.5) is 10.1 Å². The molecule has 0 unspecified atom stereocenters. The first-order chi connectivity index (χ1) is 12.1. The molecule has 0 saturated carbocycles. The molecule has 0 radical (unpaired) electrons. The summed E-state index contributed by atoms with van der Waals surface area (Å²) in [7, 11) is 0. The Kier molecular flexibility index (Phi) is 5.66. The molecule has 132 valence electrons. The minimum atomic E-state index is -0.206. The Labute approximate surface area is 148 Å². The molecule has 0 aromatic heterocycles. The van der Waals surface area contributed by atoms with Crippen molar-refractivity contribution in [1.82, 2.24) is 10.2 Å². The number of aryl methyl sites for hydroxylation is 1. The van der Waals surface area contributed by atoms with Crippen molar-refractivity contribution >= 4 is 11.6 Å². The van der Waals surface area contributed by atoms with E-state index in [0.717, 1.165) is 0 Å². The summed E-state index contributed by atoms with van der Waals surface area (Å²) < 4.78 is 13.9. The molecule has 1 N–H and O–H groups in total. The van der Waals surface area contributed by atoms with Crippen LogP contribution >= 0.6 is 0 Å². The summed E-state index contributed by atoms with van der Waals surface area (Å²) in [6, 6.07) is 15.1. The van der Waals surface area contributed by atoms with Gasteiger partial charge in [0.1, 0.15) is 5.82 Å². The molecular weight excluding hydrogens is 317 g/mol. The molecule has 5 heteroatoms. The van der Waals surface area contributed by atoms with Gasteiger partial charge in [0.15, 0.2) is 0 Å². The number of benzene rings is 2. The number of piperazine rings is 1. The van der Waals surface area contributed by atoms with Crippen LogP contribution in [-0.2, 0) is 11.3 Å². The largest absolute Gasteiger partial charge is 0.366 e. The molecule has 1 amide bonds. The van der Waals surface area contributed by atoms with Crippen LogP contribution in [0, 0.1) is 12.7 Å². The number of carbonyl (C=O) groups excluding carboxylic acids is 1. The molecule has 25 heavy (non-hydrogen) atoms. The first-order valence-corrected chi connectivity index (χ1v) is 8.67. The molecule has 0 aliphatic carbocycles. The number of rotatable bonds is 5. The maximum Gasteiger partial charge on any atom is 0.236 e. The van der Waals surface area contributed by atoms with E-state index in [1.165, 1.54) is 17.2 Å². The van der Waals surface area contributed by atoms with Crippen molar-refractivity contribution in [2.75, 3.05) is 37.6 Å². The fourth-order valence-electron chi connectivity index (χ4n) is 3.04. The first kappa shape index (κ1) is 17.4. The van der Waals surface area contributed by atoms with Gasteiger partial charge in [-0.15, -0.1) is 0 Å². The van der Waals surface area contributed by atoms with Gasteiger partial charge >= 0.3 is 0 Å². The molecule has 1 aliphatic rings. The summed E-state index contributed by atoms with van der Waals surface area (Å²) in [4.78, 5) is 16.2. The van der Waals surface area contributed by atoms with Crippen LogP contribution in [0.5, 0.6) is 0 Å². The normalized spacial score (nSPS) is 14.6. The second-order valence-electron chi connectivity index (χ2n) is 6.41. The smallest absolute Gasteiger partial charge is 0.236 e. The van der Waals surface area contributed by atoms with Gasteiger partial charge < -0.3 is 15.1 Å². The van der Waals surface area contributed by atoms with Crippen LogP contribution in [0.25, 0.3) is 0 Å². The number of carbonyl (C=O) groups is 1. The van der Waals surface area contributed by atoms with Gasteiger partial charge in [-0.3, -0.25) is 4.79 Å². The zero-order valence-corrected chi connectivity index (χ0v) is 14.5. The van der Waals surface area contributed by atoms with Crippen LogP contribution in [0.1, 0.15) is 11.1 Å². The monoisotopic (exact) mass is 341 g/mol. The highest BCUT2D eigenvalue weighted by Crippen LogP contribution is 2.20. The second kappa shape index (κ2) is 8.12. The van der Waals surface area contributed by atoms with E-state index in [4.69, 9.17) is 0 Å². The Bertz CT molecular complexity index is 709. The third-order valence-corrected chi connectivity index (χ3v) is 4.55. The van der Waals surface area contributed by atoms with Crippen LogP contribution in [0.15, 0.2) is 48.5 Å². The van der Waals surface area contributed by atoms with Gasteiger partial charge in [-0.1, -0.05) is 42.0 Å². The fraction of sp³-hybridized carbons (Fsp3) is 0.350. The average Bonchev–Trinajstić information content (AvgIpc) is 2.64. The lowest BCUT2D eigenvalue weighted by Gasteiger charge is -2.36. The van der Waals surface area contributed by atoms with Crippen molar-refractivity contribution in [3.63, 3.8) is 0 Å². The Hall–Kier alpha value is -2.40. The summed E-state index contributed by atoms with van der Waals surface area (Å²) in [6.07, 6.45) is 0. The zero-order chi connectivity index (χ0) is 17.6. The van der Waals surface area contributed by atoms with Crippen LogP contribution < -0.4 is 10.2 Å². The summed E-state index contributed by atoms with van der Waals surface area (Å²) in [5.74, 6) is -0.109. The van der Waals surface area contributed by atoms with Gasteiger partial charge in [0.05, 0.1) is 12.2 Å². The number of amides is 1. The lowest BCUT2D eigenvalue weighted by atomic mass is 10.1. The standard InChI is InChI=1S/C20H24FN3O/c1-16-6-8-17(9-7-16)14-22-15-20(25)24-12-10-23(11-13-24)19-5-3-2-4-18(19)21/h2-9,22H,10-15H2,1H3. The van der Waals surface area contributed by atoms with Crippen molar-refractivity contribution in [3.8, 4) is 0 Å². The van der Waals surface area contributed by atoms with E-state index in [1.807, 2.05) is 15.9 Å². The Morgan fingerprint density at radius 1 is 1.04 bits per heavy atom. The van der Waals surface area contributed by atoms with E-state index in [1.54, 1.807) is 12.1 Å². The fourth-order valence-corrected chi connectivity index (χ4v) is 3.04. The van der Waals surface area contributed by atoms with E-state index < -0.39 is 0 Å². The molecule has 1 heterocycles. The highest BCUT2D eigenvalue weighted by atomic mass is 19.1. The SMILES string of the molecule is Cc1ccc(CNCC(=O)N2CCN(c3ccccc3F)CC2)cc1. The van der Waals surface area contributed by atoms with Gasteiger partial charge in [0.25, 0.3) is 0 Å². The molecule has 1 saturated heterocycles. The number of nitrogens with one attached hydrogen (secondary N) is 1. The third kappa shape index (κ3) is 4.57. The van der Waals surface area contributed by atoms with Gasteiger partial charge in [-0.2, -0.15) is 0 Å². The number of nitrogens with zero attached hydrogens (tertiary/aromatic N) is 2. The number of para-hydroxylation sites is 1. The van der Waals surface area contributed by atoms with E-state index >= 15 is 0 Å². The van der Waals surface area contributed by atoms with Crippen LogP contribution in [-0.4, -0.2) is 43.5 Å². The Balaban J connectivity index is 1.44. The minimum Gasteiger partial charge on any atom is -0.366 e. The number of anilines is 1. The summed E-state index contributed by atoms with van der Waals surface area (Å²) in [5.41, 5.74) is 3.02. The van der Waals surface area contributed by atoms with Crippen molar-refractivity contribution in [3.05, 3.63) is 65.5 Å². The van der Waals surface area contributed by atoms with Gasteiger partial charge in [-0.05, 0) is 24.6 Å². The Morgan fingerprint density at radius 3 is 2.40 bits per heavy atom. The molecule has 1 aliphatic heterocycles. The summed E-state index contributed by atoms with van der Waals surface area (Å²) >= 11 is 0. The van der Waals surface area contributed by atoms with Crippen molar-refractivity contribution in [1.29, 1.82) is 0 Å². The molecule has 1 fully saturated rings. The molecular formula is C20H24FN3O. The van der Waals surface area contributed by atoms with Gasteiger partial charge in [-0.25, -0.2) is 4.39 Å². The number of hydrogen-bond acceptors (Lipinski definition) is 3. The highest BCUT2D eigenvalue weighted by molar-refractivity contribution is 5.78. The lowest BCUT2D eigenvalue weighted by molar-refractivity contribution is -0.130. The van der Waals surface area contributed by atoms with Crippen LogP contribution in [0.3, 0.4) is 0 Å². The first-order valence-electron chi connectivity index (χ1n) is 8.67.